The summed E-state index contributed by atoms with van der Waals surface area (Å²) in [6.07, 6.45) is 2.12. The van der Waals surface area contributed by atoms with Gasteiger partial charge in [0, 0.05) is 38.3 Å². The van der Waals surface area contributed by atoms with Gasteiger partial charge in [0.15, 0.2) is 0 Å². The van der Waals surface area contributed by atoms with Gasteiger partial charge in [0.25, 0.3) is 0 Å². The highest BCUT2D eigenvalue weighted by Gasteiger charge is 2.08. The molecule has 0 fully saturated rings. The van der Waals surface area contributed by atoms with E-state index < -0.39 is 11.9 Å². The average molecular weight is 258 g/mol. The largest absolute Gasteiger partial charge is 0.364 e. The van der Waals surface area contributed by atoms with Crippen molar-refractivity contribution in [3.05, 3.63) is 12.2 Å². The van der Waals surface area contributed by atoms with E-state index in [2.05, 4.69) is 0 Å². The second-order valence-corrected chi connectivity index (χ2v) is 3.38. The Labute approximate surface area is 108 Å². The van der Waals surface area contributed by atoms with Crippen LogP contribution in [0.25, 0.3) is 0 Å². The van der Waals surface area contributed by atoms with Crippen molar-refractivity contribution in [2.24, 2.45) is 0 Å². The van der Waals surface area contributed by atoms with Crippen LogP contribution in [0.3, 0.4) is 0 Å². The van der Waals surface area contributed by atoms with Crippen molar-refractivity contribution in [2.45, 2.75) is 27.7 Å². The molecule has 0 saturated heterocycles. The number of nitrogens with zero attached hydrogens (tertiary/aromatic N) is 2. The van der Waals surface area contributed by atoms with Gasteiger partial charge in [-0.2, -0.15) is 0 Å². The quantitative estimate of drug-likeness (QED) is 0.481. The number of rotatable bonds is 8. The van der Waals surface area contributed by atoms with E-state index in [1.165, 1.54) is 10.1 Å². The maximum absolute atomic E-state index is 11.3. The highest BCUT2D eigenvalue weighted by molar-refractivity contribution is 5.91. The second-order valence-electron chi connectivity index (χ2n) is 3.38. The predicted molar refractivity (Wildman–Crippen MR) is 67.2 cm³/mol. The predicted octanol–water partition coefficient (Wildman–Crippen LogP) is 1.14. The van der Waals surface area contributed by atoms with Gasteiger partial charge in [-0.05, 0) is 27.7 Å². The number of hydrogen-bond acceptors (Lipinski definition) is 6. The summed E-state index contributed by atoms with van der Waals surface area (Å²) < 4.78 is 0. The highest BCUT2D eigenvalue weighted by atomic mass is 16.7. The Hall–Kier alpha value is -1.40. The number of hydrogen-bond donors (Lipinski definition) is 0. The molecule has 0 atom stereocenters. The lowest BCUT2D eigenvalue weighted by Gasteiger charge is -2.16. The molecular weight excluding hydrogens is 236 g/mol. The summed E-state index contributed by atoms with van der Waals surface area (Å²) in [5.74, 6) is -1.18. The van der Waals surface area contributed by atoms with Crippen molar-refractivity contribution in [3.63, 3.8) is 0 Å². The van der Waals surface area contributed by atoms with E-state index in [4.69, 9.17) is 9.68 Å². The van der Waals surface area contributed by atoms with Crippen molar-refractivity contribution < 1.29 is 19.3 Å². The number of hydroxylamine groups is 4. The Balaban J connectivity index is 4.13. The van der Waals surface area contributed by atoms with E-state index in [1.807, 2.05) is 27.7 Å². The summed E-state index contributed by atoms with van der Waals surface area (Å²) >= 11 is 0. The van der Waals surface area contributed by atoms with Crippen molar-refractivity contribution in [1.29, 1.82) is 0 Å². The van der Waals surface area contributed by atoms with Crippen LogP contribution in [0.1, 0.15) is 27.7 Å². The SMILES string of the molecule is CCN(CC)OC(=O)/C=C\C(=O)ON(CC)CC. The van der Waals surface area contributed by atoms with E-state index in [1.54, 1.807) is 0 Å². The molecule has 0 aromatic rings. The van der Waals surface area contributed by atoms with Gasteiger partial charge in [-0.1, -0.05) is 0 Å². The lowest BCUT2D eigenvalue weighted by atomic mass is 10.5. The van der Waals surface area contributed by atoms with Gasteiger partial charge >= 0.3 is 11.9 Å². The minimum atomic E-state index is -0.588. The zero-order valence-electron chi connectivity index (χ0n) is 11.5. The van der Waals surface area contributed by atoms with Crippen molar-refractivity contribution in [2.75, 3.05) is 26.2 Å². The zero-order chi connectivity index (χ0) is 14.0. The standard InChI is InChI=1S/C12H22N2O4/c1-5-13(6-2)17-11(15)9-10-12(16)18-14(7-3)8-4/h9-10H,5-8H2,1-4H3/b10-9-. The van der Waals surface area contributed by atoms with Gasteiger partial charge in [-0.15, -0.1) is 10.1 Å². The van der Waals surface area contributed by atoms with Crippen LogP contribution in [0, 0.1) is 0 Å². The van der Waals surface area contributed by atoms with E-state index in [0.717, 1.165) is 12.2 Å². The third-order valence-corrected chi connectivity index (χ3v) is 2.20. The third kappa shape index (κ3) is 7.03. The first-order chi connectivity index (χ1) is 8.57. The first-order valence-corrected chi connectivity index (χ1v) is 6.19. The molecule has 0 rings (SSSR count). The fraction of sp³-hybridized carbons (Fsp3) is 0.667. The molecule has 0 unspecified atom stereocenters. The minimum Gasteiger partial charge on any atom is -0.364 e. The molecule has 18 heavy (non-hydrogen) atoms. The van der Waals surface area contributed by atoms with Crippen LogP contribution in [0.15, 0.2) is 12.2 Å². The van der Waals surface area contributed by atoms with Crippen LogP contribution in [0.4, 0.5) is 0 Å². The third-order valence-electron chi connectivity index (χ3n) is 2.20. The maximum Gasteiger partial charge on any atom is 0.349 e. The van der Waals surface area contributed by atoms with Crippen molar-refractivity contribution >= 4 is 11.9 Å². The van der Waals surface area contributed by atoms with Crippen molar-refractivity contribution in [1.82, 2.24) is 10.1 Å². The highest BCUT2D eigenvalue weighted by Crippen LogP contribution is 1.94. The molecule has 0 heterocycles. The summed E-state index contributed by atoms with van der Waals surface area (Å²) in [5.41, 5.74) is 0. The summed E-state index contributed by atoms with van der Waals surface area (Å²) in [7, 11) is 0. The summed E-state index contributed by atoms with van der Waals surface area (Å²) in [4.78, 5) is 32.5. The molecule has 0 aliphatic rings. The molecule has 0 saturated carbocycles. The molecule has 0 radical (unpaired) electrons. The van der Waals surface area contributed by atoms with Crippen LogP contribution < -0.4 is 0 Å². The first kappa shape index (κ1) is 16.6. The van der Waals surface area contributed by atoms with Crippen LogP contribution >= 0.6 is 0 Å². The molecule has 0 aliphatic carbocycles. The van der Waals surface area contributed by atoms with Gasteiger partial charge in [0.2, 0.25) is 0 Å². The fourth-order valence-corrected chi connectivity index (χ4v) is 1.16. The van der Waals surface area contributed by atoms with Gasteiger partial charge in [0.05, 0.1) is 0 Å². The fourth-order valence-electron chi connectivity index (χ4n) is 1.16. The Bertz CT molecular complexity index is 256. The maximum atomic E-state index is 11.3. The van der Waals surface area contributed by atoms with E-state index in [9.17, 15) is 9.59 Å². The summed E-state index contributed by atoms with van der Waals surface area (Å²) in [5, 5.41) is 2.98. The number of carbonyl (C=O) groups is 2. The lowest BCUT2D eigenvalue weighted by Crippen LogP contribution is -2.27. The minimum absolute atomic E-state index is 0.588. The molecule has 0 aromatic carbocycles. The van der Waals surface area contributed by atoms with Crippen LogP contribution in [-0.4, -0.2) is 48.2 Å². The van der Waals surface area contributed by atoms with Gasteiger partial charge < -0.3 is 9.68 Å². The molecule has 0 spiro atoms. The lowest BCUT2D eigenvalue weighted by molar-refractivity contribution is -0.184. The molecule has 0 amide bonds. The molecule has 6 heteroatoms. The Morgan fingerprint density at radius 1 is 0.778 bits per heavy atom. The molecule has 0 aromatic heterocycles. The average Bonchev–Trinajstić information content (AvgIpc) is 2.39. The normalized spacial score (nSPS) is 11.2. The molecule has 0 aliphatic heterocycles. The Kier molecular flexibility index (Phi) is 8.86. The Morgan fingerprint density at radius 3 is 1.28 bits per heavy atom. The van der Waals surface area contributed by atoms with Gasteiger partial charge in [-0.25, -0.2) is 9.59 Å². The first-order valence-electron chi connectivity index (χ1n) is 6.19. The smallest absolute Gasteiger partial charge is 0.349 e. The molecule has 0 N–H and O–H groups in total. The Morgan fingerprint density at radius 2 is 1.06 bits per heavy atom. The topological polar surface area (TPSA) is 59.1 Å². The van der Waals surface area contributed by atoms with Gasteiger partial charge in [-0.3, -0.25) is 0 Å². The van der Waals surface area contributed by atoms with Gasteiger partial charge in [0.1, 0.15) is 0 Å². The molecule has 104 valence electrons. The monoisotopic (exact) mass is 258 g/mol. The molecular formula is C12H22N2O4. The van der Waals surface area contributed by atoms with Crippen LogP contribution in [-0.2, 0) is 19.3 Å². The molecule has 6 nitrogen and oxygen atoms in total. The van der Waals surface area contributed by atoms with E-state index >= 15 is 0 Å². The van der Waals surface area contributed by atoms with E-state index in [-0.39, 0.29) is 0 Å². The summed E-state index contributed by atoms with van der Waals surface area (Å²) in [6, 6.07) is 0. The van der Waals surface area contributed by atoms with Crippen molar-refractivity contribution in [3.8, 4) is 0 Å². The van der Waals surface area contributed by atoms with Crippen LogP contribution in [0.2, 0.25) is 0 Å². The van der Waals surface area contributed by atoms with E-state index in [0.29, 0.717) is 26.2 Å². The van der Waals surface area contributed by atoms with Crippen LogP contribution in [0.5, 0.6) is 0 Å². The zero-order valence-corrected chi connectivity index (χ0v) is 11.5. The summed E-state index contributed by atoms with van der Waals surface area (Å²) in [6.45, 7) is 9.87. The second kappa shape index (κ2) is 9.61. The molecule has 0 bridgehead atoms. The number of carbonyl (C=O) groups excluding carboxylic acids is 2.